The van der Waals surface area contributed by atoms with Gasteiger partial charge in [0, 0.05) is 38.1 Å². The van der Waals surface area contributed by atoms with Gasteiger partial charge in [-0.15, -0.1) is 0 Å². The summed E-state index contributed by atoms with van der Waals surface area (Å²) < 4.78 is 5.46. The molecule has 1 aromatic heterocycles. The number of carbonyl (C=O) groups is 1. The Kier molecular flexibility index (Phi) is 5.93. The summed E-state index contributed by atoms with van der Waals surface area (Å²) in [5.74, 6) is 0. The Bertz CT molecular complexity index is 510. The maximum Gasteiger partial charge on any atom is 0.410 e. The van der Waals surface area contributed by atoms with Gasteiger partial charge in [-0.2, -0.15) is 0 Å². The Hall–Kier alpha value is -1.69. The minimum Gasteiger partial charge on any atom is -0.444 e. The number of likely N-dealkylation sites (tertiary alicyclic amines) is 1. The van der Waals surface area contributed by atoms with E-state index >= 15 is 0 Å². The molecular weight excluding hydrogens is 292 g/mol. The van der Waals surface area contributed by atoms with E-state index in [0.717, 1.165) is 43.7 Å². The molecule has 0 saturated carbocycles. The first-order valence-electron chi connectivity index (χ1n) is 8.32. The molecule has 1 saturated heterocycles. The number of amides is 1. The lowest BCUT2D eigenvalue weighted by atomic mass is 10.1. The van der Waals surface area contributed by atoms with E-state index < -0.39 is 5.60 Å². The minimum atomic E-state index is -0.439. The van der Waals surface area contributed by atoms with Crippen LogP contribution in [0.5, 0.6) is 0 Å². The number of nitrogens with zero attached hydrogens (tertiary/aromatic N) is 3. The van der Waals surface area contributed by atoms with Gasteiger partial charge in [0.2, 0.25) is 0 Å². The second kappa shape index (κ2) is 7.73. The number of carbonyl (C=O) groups excluding carboxylic acids is 1. The molecule has 2 heterocycles. The highest BCUT2D eigenvalue weighted by Gasteiger charge is 2.25. The number of hydrogen-bond acceptors (Lipinski definition) is 5. The van der Waals surface area contributed by atoms with Gasteiger partial charge in [-0.05, 0) is 47.0 Å². The third-order valence-electron chi connectivity index (χ3n) is 3.79. The fourth-order valence-corrected chi connectivity index (χ4v) is 2.57. The Labute approximate surface area is 138 Å². The fourth-order valence-electron chi connectivity index (χ4n) is 2.57. The van der Waals surface area contributed by atoms with Crippen LogP contribution in [-0.2, 0) is 11.3 Å². The number of rotatable bonds is 3. The molecule has 1 aliphatic heterocycles. The zero-order valence-electron chi connectivity index (χ0n) is 14.6. The van der Waals surface area contributed by atoms with E-state index in [-0.39, 0.29) is 6.09 Å². The van der Waals surface area contributed by atoms with Crippen molar-refractivity contribution in [1.29, 1.82) is 0 Å². The first-order chi connectivity index (χ1) is 10.8. The van der Waals surface area contributed by atoms with E-state index in [1.54, 1.807) is 6.20 Å². The van der Waals surface area contributed by atoms with Gasteiger partial charge in [-0.3, -0.25) is 9.97 Å². The predicted octanol–water partition coefficient (Wildman–Crippen LogP) is 2.66. The summed E-state index contributed by atoms with van der Waals surface area (Å²) in [7, 11) is 0. The van der Waals surface area contributed by atoms with Crippen molar-refractivity contribution >= 4 is 6.09 Å². The second-order valence-corrected chi connectivity index (χ2v) is 7.13. The zero-order chi connectivity index (χ0) is 16.9. The van der Waals surface area contributed by atoms with Crippen LogP contribution in [0.2, 0.25) is 0 Å². The van der Waals surface area contributed by atoms with Gasteiger partial charge in [-0.25, -0.2) is 4.79 Å². The lowest BCUT2D eigenvalue weighted by Crippen LogP contribution is -2.38. The Morgan fingerprint density at radius 1 is 1.30 bits per heavy atom. The molecule has 1 fully saturated rings. The molecule has 1 atom stereocenters. The number of nitrogens with one attached hydrogen (secondary N) is 1. The highest BCUT2D eigenvalue weighted by atomic mass is 16.6. The lowest BCUT2D eigenvalue weighted by Gasteiger charge is -2.26. The average Bonchev–Trinajstić information content (AvgIpc) is 2.70. The molecule has 128 valence electrons. The summed E-state index contributed by atoms with van der Waals surface area (Å²) in [6.07, 6.45) is 6.36. The summed E-state index contributed by atoms with van der Waals surface area (Å²) in [6, 6.07) is 0.394. The van der Waals surface area contributed by atoms with Gasteiger partial charge < -0.3 is 15.0 Å². The molecule has 2 rings (SSSR count). The fraction of sp³-hybridized carbons (Fsp3) is 0.706. The van der Waals surface area contributed by atoms with Gasteiger partial charge in [0.25, 0.3) is 0 Å². The predicted molar refractivity (Wildman–Crippen MR) is 89.1 cm³/mol. The van der Waals surface area contributed by atoms with Crippen LogP contribution >= 0.6 is 0 Å². The summed E-state index contributed by atoms with van der Waals surface area (Å²) in [5, 5.41) is 3.52. The monoisotopic (exact) mass is 320 g/mol. The first-order valence-corrected chi connectivity index (χ1v) is 8.32. The van der Waals surface area contributed by atoms with Crippen LogP contribution < -0.4 is 5.32 Å². The molecule has 0 aromatic carbocycles. The van der Waals surface area contributed by atoms with Crippen LogP contribution in [0, 0.1) is 6.92 Å². The summed E-state index contributed by atoms with van der Waals surface area (Å²) in [6.45, 7) is 9.83. The molecule has 0 spiro atoms. The van der Waals surface area contributed by atoms with E-state index in [0.29, 0.717) is 12.6 Å². The van der Waals surface area contributed by atoms with Crippen LogP contribution in [0.1, 0.15) is 51.4 Å². The normalized spacial score (nSPS) is 19.3. The van der Waals surface area contributed by atoms with Crippen molar-refractivity contribution < 1.29 is 9.53 Å². The van der Waals surface area contributed by atoms with Gasteiger partial charge in [0.05, 0.1) is 11.4 Å². The van der Waals surface area contributed by atoms with E-state index in [1.807, 2.05) is 38.8 Å². The number of hydrogen-bond donors (Lipinski definition) is 1. The highest BCUT2D eigenvalue weighted by molar-refractivity contribution is 5.68. The second-order valence-electron chi connectivity index (χ2n) is 7.13. The Morgan fingerprint density at radius 2 is 2.09 bits per heavy atom. The molecule has 1 N–H and O–H groups in total. The van der Waals surface area contributed by atoms with Crippen molar-refractivity contribution in [1.82, 2.24) is 20.2 Å². The van der Waals surface area contributed by atoms with Crippen molar-refractivity contribution in [2.45, 2.75) is 65.1 Å². The number of aromatic nitrogens is 2. The van der Waals surface area contributed by atoms with Gasteiger partial charge in [0.1, 0.15) is 5.60 Å². The molecule has 6 nitrogen and oxygen atoms in total. The zero-order valence-corrected chi connectivity index (χ0v) is 14.6. The van der Waals surface area contributed by atoms with Crippen molar-refractivity contribution in [3.8, 4) is 0 Å². The van der Waals surface area contributed by atoms with Crippen molar-refractivity contribution in [2.24, 2.45) is 0 Å². The van der Waals surface area contributed by atoms with Crippen LogP contribution in [-0.4, -0.2) is 45.7 Å². The Balaban J connectivity index is 1.79. The SMILES string of the molecule is Cc1cnc(CNC2CCCN(C(=O)OC(C)(C)C)CC2)cn1. The first kappa shape index (κ1) is 17.7. The van der Waals surface area contributed by atoms with E-state index in [2.05, 4.69) is 15.3 Å². The van der Waals surface area contributed by atoms with E-state index in [1.165, 1.54) is 0 Å². The number of ether oxygens (including phenoxy) is 1. The third-order valence-corrected chi connectivity index (χ3v) is 3.79. The Morgan fingerprint density at radius 3 is 2.74 bits per heavy atom. The molecule has 0 bridgehead atoms. The van der Waals surface area contributed by atoms with Gasteiger partial charge >= 0.3 is 6.09 Å². The van der Waals surface area contributed by atoms with Crippen LogP contribution in [0.25, 0.3) is 0 Å². The maximum atomic E-state index is 12.1. The van der Waals surface area contributed by atoms with Crippen LogP contribution in [0.3, 0.4) is 0 Å². The van der Waals surface area contributed by atoms with Crippen LogP contribution in [0.4, 0.5) is 4.79 Å². The van der Waals surface area contributed by atoms with Gasteiger partial charge in [-0.1, -0.05) is 0 Å². The number of aryl methyl sites for hydroxylation is 1. The van der Waals surface area contributed by atoms with Crippen molar-refractivity contribution in [2.75, 3.05) is 13.1 Å². The molecule has 1 aliphatic rings. The molecule has 1 aromatic rings. The average molecular weight is 320 g/mol. The lowest BCUT2D eigenvalue weighted by molar-refractivity contribution is 0.0256. The quantitative estimate of drug-likeness (QED) is 0.927. The summed E-state index contributed by atoms with van der Waals surface area (Å²) in [5.41, 5.74) is 1.44. The summed E-state index contributed by atoms with van der Waals surface area (Å²) >= 11 is 0. The minimum absolute atomic E-state index is 0.206. The standard InChI is InChI=1S/C17H28N4O2/c1-13-10-19-15(11-18-13)12-20-14-6-5-8-21(9-7-14)16(22)23-17(2,3)4/h10-11,14,20H,5-9,12H2,1-4H3. The molecule has 1 amide bonds. The topological polar surface area (TPSA) is 67.4 Å². The van der Waals surface area contributed by atoms with E-state index in [9.17, 15) is 4.79 Å². The largest absolute Gasteiger partial charge is 0.444 e. The maximum absolute atomic E-state index is 12.1. The molecule has 0 radical (unpaired) electrons. The van der Waals surface area contributed by atoms with E-state index in [4.69, 9.17) is 4.74 Å². The van der Waals surface area contributed by atoms with Crippen LogP contribution in [0.15, 0.2) is 12.4 Å². The van der Waals surface area contributed by atoms with Crippen molar-refractivity contribution in [3.05, 3.63) is 23.8 Å². The molecule has 6 heteroatoms. The molecule has 23 heavy (non-hydrogen) atoms. The van der Waals surface area contributed by atoms with Crippen molar-refractivity contribution in [3.63, 3.8) is 0 Å². The highest BCUT2D eigenvalue weighted by Crippen LogP contribution is 2.15. The summed E-state index contributed by atoms with van der Waals surface area (Å²) in [4.78, 5) is 22.6. The molecular formula is C17H28N4O2. The molecule has 0 aliphatic carbocycles. The third kappa shape index (κ3) is 6.14. The van der Waals surface area contributed by atoms with Gasteiger partial charge in [0.15, 0.2) is 0 Å². The smallest absolute Gasteiger partial charge is 0.410 e. The molecule has 1 unspecified atom stereocenters.